The highest BCUT2D eigenvalue weighted by molar-refractivity contribution is 7.15. The Morgan fingerprint density at radius 2 is 1.85 bits per heavy atom. The first-order valence-corrected chi connectivity index (χ1v) is 9.30. The van der Waals surface area contributed by atoms with Crippen LogP contribution in [0.25, 0.3) is 27.6 Å². The number of aromatic nitrogens is 3. The van der Waals surface area contributed by atoms with Gasteiger partial charge < -0.3 is 0 Å². The summed E-state index contributed by atoms with van der Waals surface area (Å²) in [4.78, 5) is 10.6. The zero-order valence-electron chi connectivity index (χ0n) is 14.7. The van der Waals surface area contributed by atoms with E-state index in [1.165, 1.54) is 5.69 Å². The Morgan fingerprint density at radius 1 is 1.00 bits per heavy atom. The third kappa shape index (κ3) is 2.28. The van der Waals surface area contributed by atoms with E-state index in [1.807, 2.05) is 37.3 Å². The van der Waals surface area contributed by atoms with Crippen molar-refractivity contribution in [2.24, 2.45) is 0 Å². The first-order chi connectivity index (χ1) is 12.6. The van der Waals surface area contributed by atoms with Gasteiger partial charge in [-0.3, -0.25) is 20.2 Å². The molecule has 2 N–H and O–H groups in total. The molecule has 0 aliphatic carbocycles. The van der Waals surface area contributed by atoms with E-state index < -0.39 is 0 Å². The van der Waals surface area contributed by atoms with Crippen LogP contribution in [0.4, 0.5) is 11.4 Å². The highest BCUT2D eigenvalue weighted by Gasteiger charge is 2.22. The molecule has 4 heterocycles. The molecule has 5 rings (SSSR count). The van der Waals surface area contributed by atoms with Crippen LogP contribution in [0, 0.1) is 13.8 Å². The first-order valence-electron chi connectivity index (χ1n) is 8.42. The second-order valence-corrected chi connectivity index (χ2v) is 7.35. The Kier molecular flexibility index (Phi) is 3.28. The SMILES string of the molecule is Cc1cccc(-c2nc3scc(C)n3c2-c2ccc3c(c2)NN(C)N3)n1. The number of rotatable bonds is 2. The zero-order valence-corrected chi connectivity index (χ0v) is 15.6. The molecule has 0 bridgehead atoms. The van der Waals surface area contributed by atoms with Crippen LogP contribution < -0.4 is 10.9 Å². The molecule has 0 fully saturated rings. The summed E-state index contributed by atoms with van der Waals surface area (Å²) in [5.41, 5.74) is 14.9. The van der Waals surface area contributed by atoms with E-state index >= 15 is 0 Å². The molecule has 4 aromatic rings. The minimum Gasteiger partial charge on any atom is -0.300 e. The van der Waals surface area contributed by atoms with Gasteiger partial charge in [-0.25, -0.2) is 4.98 Å². The Labute approximate surface area is 155 Å². The summed E-state index contributed by atoms with van der Waals surface area (Å²) < 4.78 is 2.22. The van der Waals surface area contributed by atoms with Crippen LogP contribution in [0.1, 0.15) is 11.4 Å². The van der Waals surface area contributed by atoms with Crippen LogP contribution in [0.3, 0.4) is 0 Å². The van der Waals surface area contributed by atoms with Crippen LogP contribution in [-0.2, 0) is 0 Å². The van der Waals surface area contributed by atoms with E-state index in [1.54, 1.807) is 11.3 Å². The van der Waals surface area contributed by atoms with Crippen LogP contribution in [0.5, 0.6) is 0 Å². The Hall–Kier alpha value is -2.90. The number of nitrogens with one attached hydrogen (secondary N) is 2. The number of hydrogen-bond acceptors (Lipinski definition) is 6. The number of fused-ring (bicyclic) bond motifs is 2. The summed E-state index contributed by atoms with van der Waals surface area (Å²) >= 11 is 1.66. The molecule has 0 saturated carbocycles. The fraction of sp³-hybridized carbons (Fsp3) is 0.158. The van der Waals surface area contributed by atoms with Crippen molar-refractivity contribution in [2.75, 3.05) is 17.9 Å². The maximum absolute atomic E-state index is 4.90. The molecule has 0 saturated heterocycles. The average Bonchev–Trinajstić information content (AvgIpc) is 3.27. The van der Waals surface area contributed by atoms with Gasteiger partial charge in [0, 0.05) is 29.4 Å². The maximum Gasteiger partial charge on any atom is 0.195 e. The minimum absolute atomic E-state index is 0.902. The van der Waals surface area contributed by atoms with Gasteiger partial charge in [0.2, 0.25) is 0 Å². The van der Waals surface area contributed by atoms with E-state index in [2.05, 4.69) is 45.8 Å². The van der Waals surface area contributed by atoms with Gasteiger partial charge in [-0.2, -0.15) is 0 Å². The molecular formula is C19H18N6S. The van der Waals surface area contributed by atoms with Gasteiger partial charge in [0.15, 0.2) is 4.96 Å². The van der Waals surface area contributed by atoms with E-state index in [-0.39, 0.29) is 0 Å². The molecule has 1 aliphatic heterocycles. The van der Waals surface area contributed by atoms with Crippen molar-refractivity contribution in [2.45, 2.75) is 13.8 Å². The molecule has 0 atom stereocenters. The van der Waals surface area contributed by atoms with Crippen LogP contribution in [0.2, 0.25) is 0 Å². The van der Waals surface area contributed by atoms with Crippen molar-refractivity contribution in [3.8, 4) is 22.6 Å². The van der Waals surface area contributed by atoms with Crippen LogP contribution in [0.15, 0.2) is 41.8 Å². The Balaban J connectivity index is 1.78. The lowest BCUT2D eigenvalue weighted by atomic mass is 10.1. The molecule has 0 unspecified atom stereocenters. The van der Waals surface area contributed by atoms with Gasteiger partial charge in [-0.15, -0.1) is 16.5 Å². The van der Waals surface area contributed by atoms with Gasteiger partial charge in [0.25, 0.3) is 0 Å². The predicted octanol–water partition coefficient (Wildman–Crippen LogP) is 4.34. The third-order valence-electron chi connectivity index (χ3n) is 4.53. The van der Waals surface area contributed by atoms with Gasteiger partial charge in [0.05, 0.1) is 22.8 Å². The van der Waals surface area contributed by atoms with Gasteiger partial charge >= 0.3 is 0 Å². The molecule has 3 aromatic heterocycles. The van der Waals surface area contributed by atoms with Crippen molar-refractivity contribution in [3.05, 3.63) is 53.2 Å². The predicted molar refractivity (Wildman–Crippen MR) is 106 cm³/mol. The lowest BCUT2D eigenvalue weighted by Gasteiger charge is -2.08. The largest absolute Gasteiger partial charge is 0.300 e. The highest BCUT2D eigenvalue weighted by atomic mass is 32.1. The maximum atomic E-state index is 4.90. The second-order valence-electron chi connectivity index (χ2n) is 6.51. The average molecular weight is 362 g/mol. The van der Waals surface area contributed by atoms with Crippen molar-refractivity contribution < 1.29 is 0 Å². The number of pyridine rings is 1. The zero-order chi connectivity index (χ0) is 17.8. The second kappa shape index (κ2) is 5.55. The van der Waals surface area contributed by atoms with Crippen LogP contribution >= 0.6 is 11.3 Å². The molecule has 1 aliphatic rings. The molecule has 1 aromatic carbocycles. The first kappa shape index (κ1) is 15.4. The smallest absolute Gasteiger partial charge is 0.195 e. The summed E-state index contributed by atoms with van der Waals surface area (Å²) in [6, 6.07) is 12.5. The lowest BCUT2D eigenvalue weighted by Crippen LogP contribution is -2.23. The molecule has 26 heavy (non-hydrogen) atoms. The van der Waals surface area contributed by atoms with Crippen molar-refractivity contribution in [1.29, 1.82) is 0 Å². The number of anilines is 2. The monoisotopic (exact) mass is 362 g/mol. The molecule has 0 spiro atoms. The van der Waals surface area contributed by atoms with E-state index in [0.29, 0.717) is 0 Å². The lowest BCUT2D eigenvalue weighted by molar-refractivity contribution is 0.507. The van der Waals surface area contributed by atoms with Gasteiger partial charge in [0.1, 0.15) is 5.69 Å². The van der Waals surface area contributed by atoms with E-state index in [4.69, 9.17) is 9.97 Å². The van der Waals surface area contributed by atoms with Crippen molar-refractivity contribution in [3.63, 3.8) is 0 Å². The minimum atomic E-state index is 0.902. The molecule has 7 heteroatoms. The van der Waals surface area contributed by atoms with E-state index in [0.717, 1.165) is 44.7 Å². The van der Waals surface area contributed by atoms with Crippen LogP contribution in [-0.4, -0.2) is 26.5 Å². The number of nitrogens with zero attached hydrogens (tertiary/aromatic N) is 4. The summed E-state index contributed by atoms with van der Waals surface area (Å²) in [6.45, 7) is 4.12. The summed E-state index contributed by atoms with van der Waals surface area (Å²) in [6.07, 6.45) is 0. The highest BCUT2D eigenvalue weighted by Crippen LogP contribution is 2.38. The number of hydrogen-bond donors (Lipinski definition) is 2. The Bertz CT molecular complexity index is 1140. The van der Waals surface area contributed by atoms with Crippen molar-refractivity contribution in [1.82, 2.24) is 19.5 Å². The molecule has 0 radical (unpaired) electrons. The Morgan fingerprint density at radius 3 is 2.69 bits per heavy atom. The standard InChI is InChI=1S/C19H18N6S/c1-11-5-4-6-15(20-11)17-18(25-12(2)10-26-19(25)21-17)13-7-8-14-16(9-13)23-24(3)22-14/h4-10,22-23H,1-3H3. The molecule has 130 valence electrons. The molecular weight excluding hydrogens is 344 g/mol. The quantitative estimate of drug-likeness (QED) is 0.555. The fourth-order valence-corrected chi connectivity index (χ4v) is 4.25. The molecule has 0 amide bonds. The number of aryl methyl sites for hydroxylation is 2. The molecule has 6 nitrogen and oxygen atoms in total. The number of thiazole rings is 1. The summed E-state index contributed by atoms with van der Waals surface area (Å²) in [5, 5.41) is 3.99. The fourth-order valence-electron chi connectivity index (χ4n) is 3.39. The van der Waals surface area contributed by atoms with Gasteiger partial charge in [-0.1, -0.05) is 12.1 Å². The topological polar surface area (TPSA) is 57.5 Å². The third-order valence-corrected chi connectivity index (χ3v) is 5.48. The summed E-state index contributed by atoms with van der Waals surface area (Å²) in [5.74, 6) is 0. The van der Waals surface area contributed by atoms with Crippen molar-refractivity contribution >= 4 is 27.7 Å². The number of imidazole rings is 1. The van der Waals surface area contributed by atoms with Gasteiger partial charge in [-0.05, 0) is 38.1 Å². The number of benzene rings is 1. The summed E-state index contributed by atoms with van der Waals surface area (Å²) in [7, 11) is 1.95. The normalized spacial score (nSPS) is 13.7. The van der Waals surface area contributed by atoms with E-state index in [9.17, 15) is 0 Å². The number of hydrazine groups is 2.